The summed E-state index contributed by atoms with van der Waals surface area (Å²) in [6.07, 6.45) is 4.01. The van der Waals surface area contributed by atoms with Gasteiger partial charge < -0.3 is 15.8 Å². The number of nitrogens with two attached hydrogens (primary N) is 1. The molecule has 0 aromatic carbocycles. The Kier molecular flexibility index (Phi) is 5.09. The van der Waals surface area contributed by atoms with Crippen molar-refractivity contribution in [1.29, 1.82) is 0 Å². The van der Waals surface area contributed by atoms with E-state index in [2.05, 4.69) is 19.9 Å². The fourth-order valence-corrected chi connectivity index (χ4v) is 1.89. The van der Waals surface area contributed by atoms with Crippen LogP contribution in [-0.2, 0) is 0 Å². The Morgan fingerprint density at radius 3 is 2.43 bits per heavy atom. The van der Waals surface area contributed by atoms with Gasteiger partial charge in [-0.05, 0) is 12.1 Å². The summed E-state index contributed by atoms with van der Waals surface area (Å²) >= 11 is 11.0. The van der Waals surface area contributed by atoms with Gasteiger partial charge in [-0.15, -0.1) is 0 Å². The summed E-state index contributed by atoms with van der Waals surface area (Å²) in [6.45, 7) is 0. The summed E-state index contributed by atoms with van der Waals surface area (Å²) in [5.74, 6) is -1.10. The van der Waals surface area contributed by atoms with Gasteiger partial charge in [0.15, 0.2) is 0 Å². The number of anilines is 1. The average Bonchev–Trinajstić information content (AvgIpc) is 2.51. The summed E-state index contributed by atoms with van der Waals surface area (Å²) in [6, 6.07) is 2.70. The molecule has 8 nitrogen and oxygen atoms in total. The highest BCUT2D eigenvalue weighted by atomic mass is 35.5. The standard InChI is InChI=1S/C7H4ClN3O.C6H5ClN2O2/c8-6-1-4-5(2-9-6)10-3-11-7(4)12;7-5-1-3(6(10)11)4(8)2-9-5/h1-3H,(H,10,11,12);1-2H,8H2,(H,10,11). The number of fused-ring (bicyclic) bond motifs is 1. The number of hydrogen-bond donors (Lipinski definition) is 3. The third kappa shape index (κ3) is 4.15. The SMILES string of the molecule is Nc1cnc(Cl)cc1C(=O)O.O=c1[nH]cnc2cnc(Cl)cc12. The Bertz CT molecular complexity index is 929. The Labute approximate surface area is 138 Å². The first kappa shape index (κ1) is 16.7. The van der Waals surface area contributed by atoms with E-state index in [4.69, 9.17) is 34.0 Å². The maximum absolute atomic E-state index is 11.1. The van der Waals surface area contributed by atoms with Crippen molar-refractivity contribution >= 4 is 45.8 Å². The van der Waals surface area contributed by atoms with Crippen LogP contribution in [0.15, 0.2) is 35.6 Å². The number of rotatable bonds is 1. The lowest BCUT2D eigenvalue weighted by Crippen LogP contribution is -2.06. The summed E-state index contributed by atoms with van der Waals surface area (Å²) < 4.78 is 0. The van der Waals surface area contributed by atoms with E-state index in [1.54, 1.807) is 0 Å². The minimum atomic E-state index is -1.10. The molecule has 3 aromatic rings. The number of nitrogen functional groups attached to an aromatic ring is 1. The predicted octanol–water partition coefficient (Wildman–Crippen LogP) is 1.99. The van der Waals surface area contributed by atoms with Crippen molar-refractivity contribution in [3.05, 3.63) is 57.1 Å². The second-order valence-electron chi connectivity index (χ2n) is 4.16. The van der Waals surface area contributed by atoms with Crippen LogP contribution in [0.5, 0.6) is 0 Å². The molecule has 0 radical (unpaired) electrons. The molecule has 0 fully saturated rings. The number of aromatic nitrogens is 4. The van der Waals surface area contributed by atoms with Gasteiger partial charge in [-0.2, -0.15) is 0 Å². The lowest BCUT2D eigenvalue weighted by atomic mass is 10.2. The minimum absolute atomic E-state index is 0.0231. The van der Waals surface area contributed by atoms with Crippen LogP contribution < -0.4 is 11.3 Å². The van der Waals surface area contributed by atoms with Gasteiger partial charge in [-0.3, -0.25) is 4.79 Å². The molecular formula is C13H9Cl2N5O3. The van der Waals surface area contributed by atoms with Crippen molar-refractivity contribution in [1.82, 2.24) is 19.9 Å². The van der Waals surface area contributed by atoms with E-state index in [0.29, 0.717) is 16.1 Å². The molecule has 23 heavy (non-hydrogen) atoms. The van der Waals surface area contributed by atoms with Crippen LogP contribution in [0.2, 0.25) is 10.3 Å². The lowest BCUT2D eigenvalue weighted by Gasteiger charge is -1.98. The number of H-pyrrole nitrogens is 1. The van der Waals surface area contributed by atoms with E-state index in [1.165, 1.54) is 30.9 Å². The smallest absolute Gasteiger partial charge is 0.337 e. The van der Waals surface area contributed by atoms with Crippen LogP contribution in [-0.4, -0.2) is 31.0 Å². The second-order valence-corrected chi connectivity index (χ2v) is 4.93. The summed E-state index contributed by atoms with van der Waals surface area (Å²) in [4.78, 5) is 35.3. The fourth-order valence-electron chi connectivity index (χ4n) is 1.57. The molecule has 0 atom stereocenters. The van der Waals surface area contributed by atoms with Crippen molar-refractivity contribution < 1.29 is 9.90 Å². The number of carboxylic acids is 1. The molecule has 3 aromatic heterocycles. The molecular weight excluding hydrogens is 345 g/mol. The van der Waals surface area contributed by atoms with Crippen LogP contribution in [0.1, 0.15) is 10.4 Å². The molecule has 0 unspecified atom stereocenters. The van der Waals surface area contributed by atoms with Gasteiger partial charge >= 0.3 is 5.97 Å². The van der Waals surface area contributed by atoms with Crippen LogP contribution >= 0.6 is 23.2 Å². The van der Waals surface area contributed by atoms with Gasteiger partial charge in [0, 0.05) is 0 Å². The van der Waals surface area contributed by atoms with Gasteiger partial charge in [-0.25, -0.2) is 19.7 Å². The predicted molar refractivity (Wildman–Crippen MR) is 85.8 cm³/mol. The van der Waals surface area contributed by atoms with Crippen molar-refractivity contribution in [3.63, 3.8) is 0 Å². The second kappa shape index (κ2) is 7.03. The lowest BCUT2D eigenvalue weighted by molar-refractivity contribution is 0.0698. The van der Waals surface area contributed by atoms with E-state index in [0.717, 1.165) is 0 Å². The summed E-state index contributed by atoms with van der Waals surface area (Å²) in [5, 5.41) is 9.39. The number of nitrogens with one attached hydrogen (secondary N) is 1. The number of hydrogen-bond acceptors (Lipinski definition) is 6. The Balaban J connectivity index is 0.000000168. The van der Waals surface area contributed by atoms with Crippen molar-refractivity contribution in [2.45, 2.75) is 0 Å². The highest BCUT2D eigenvalue weighted by Crippen LogP contribution is 2.14. The van der Waals surface area contributed by atoms with Crippen molar-refractivity contribution in [2.75, 3.05) is 5.73 Å². The molecule has 118 valence electrons. The number of carboxylic acid groups (broad SMARTS) is 1. The number of carbonyl (C=O) groups is 1. The zero-order chi connectivity index (χ0) is 17.0. The first-order chi connectivity index (χ1) is 10.9. The van der Waals surface area contributed by atoms with Crippen LogP contribution in [0.25, 0.3) is 10.9 Å². The third-order valence-electron chi connectivity index (χ3n) is 2.63. The van der Waals surface area contributed by atoms with E-state index in [-0.39, 0.29) is 22.0 Å². The van der Waals surface area contributed by atoms with Gasteiger partial charge in [-0.1, -0.05) is 23.2 Å². The summed E-state index contributed by atoms with van der Waals surface area (Å²) in [5.41, 5.74) is 5.72. The summed E-state index contributed by atoms with van der Waals surface area (Å²) in [7, 11) is 0. The van der Waals surface area contributed by atoms with Gasteiger partial charge in [0.1, 0.15) is 10.3 Å². The highest BCUT2D eigenvalue weighted by molar-refractivity contribution is 6.30. The Morgan fingerprint density at radius 2 is 1.78 bits per heavy atom. The molecule has 10 heteroatoms. The van der Waals surface area contributed by atoms with Crippen molar-refractivity contribution in [3.8, 4) is 0 Å². The molecule has 0 amide bonds. The first-order valence-electron chi connectivity index (χ1n) is 6.01. The molecule has 0 spiro atoms. The topological polar surface area (TPSA) is 135 Å². The molecule has 0 aliphatic rings. The van der Waals surface area contributed by atoms with E-state index in [1.807, 2.05) is 0 Å². The Hall–Kier alpha value is -2.71. The molecule has 3 heterocycles. The van der Waals surface area contributed by atoms with Gasteiger partial charge in [0.25, 0.3) is 5.56 Å². The molecule has 0 bridgehead atoms. The molecule has 0 aliphatic heterocycles. The molecule has 0 saturated carbocycles. The number of nitrogens with zero attached hydrogens (tertiary/aromatic N) is 3. The van der Waals surface area contributed by atoms with Gasteiger partial charge in [0.05, 0.1) is 40.9 Å². The first-order valence-corrected chi connectivity index (χ1v) is 6.77. The monoisotopic (exact) mass is 353 g/mol. The highest BCUT2D eigenvalue weighted by Gasteiger charge is 2.07. The zero-order valence-corrected chi connectivity index (χ0v) is 12.8. The minimum Gasteiger partial charge on any atom is -0.478 e. The average molecular weight is 354 g/mol. The largest absolute Gasteiger partial charge is 0.478 e. The van der Waals surface area contributed by atoms with Crippen LogP contribution in [0, 0.1) is 0 Å². The number of aromatic amines is 1. The number of aromatic carboxylic acids is 1. The zero-order valence-electron chi connectivity index (χ0n) is 11.3. The molecule has 0 aliphatic carbocycles. The van der Waals surface area contributed by atoms with Gasteiger partial charge in [0.2, 0.25) is 0 Å². The maximum atomic E-state index is 11.1. The fraction of sp³-hybridized carbons (Fsp3) is 0. The van der Waals surface area contributed by atoms with E-state index in [9.17, 15) is 9.59 Å². The molecule has 4 N–H and O–H groups in total. The van der Waals surface area contributed by atoms with Crippen LogP contribution in [0.4, 0.5) is 5.69 Å². The maximum Gasteiger partial charge on any atom is 0.337 e. The van der Waals surface area contributed by atoms with Crippen molar-refractivity contribution in [2.24, 2.45) is 0 Å². The van der Waals surface area contributed by atoms with Crippen LogP contribution in [0.3, 0.4) is 0 Å². The normalized spacial score (nSPS) is 10.0. The van der Waals surface area contributed by atoms with E-state index >= 15 is 0 Å². The molecule has 3 rings (SSSR count). The number of halogens is 2. The Morgan fingerprint density at radius 1 is 1.13 bits per heavy atom. The number of pyridine rings is 2. The molecule has 0 saturated heterocycles. The van der Waals surface area contributed by atoms with E-state index < -0.39 is 5.97 Å². The quantitative estimate of drug-likeness (QED) is 0.569. The third-order valence-corrected chi connectivity index (χ3v) is 3.04.